The van der Waals surface area contributed by atoms with Gasteiger partial charge in [-0.25, -0.2) is 0 Å². The van der Waals surface area contributed by atoms with Gasteiger partial charge >= 0.3 is 57.4 Å². The molecule has 0 saturated heterocycles. The number of carboxylic acids is 1. The number of carboxylic acid groups (broad SMARTS) is 1. The first kappa shape index (κ1) is 21.0. The summed E-state index contributed by atoms with van der Waals surface area (Å²) in [6.07, 6.45) is -0.310. The number of amides is 1. The molecule has 0 radical (unpaired) electrons. The summed E-state index contributed by atoms with van der Waals surface area (Å²) in [6, 6.07) is -1.16. The van der Waals surface area contributed by atoms with Crippen molar-refractivity contribution in [3.63, 3.8) is 0 Å². The molecule has 15 heavy (non-hydrogen) atoms. The van der Waals surface area contributed by atoms with Gasteiger partial charge < -0.3 is 31.3 Å². The van der Waals surface area contributed by atoms with Gasteiger partial charge in [-0.15, -0.1) is 0 Å². The predicted octanol–water partition coefficient (Wildman–Crippen LogP) is -6.28. The maximum atomic E-state index is 9.99. The summed E-state index contributed by atoms with van der Waals surface area (Å²) in [5.74, 6) is -1.92. The smallest absolute Gasteiger partial charge is 0.756 e. The molecule has 0 aromatic heterocycles. The molecule has 0 aliphatic carbocycles. The Labute approximate surface area is 127 Å². The molecule has 7 N–H and O–H groups in total. The van der Waals surface area contributed by atoms with E-state index in [-0.39, 0.29) is 57.8 Å². The minimum absolute atomic E-state index is 0. The number of aliphatic carboxylic acids is 1. The Kier molecular flexibility index (Phi) is 13.8. The van der Waals surface area contributed by atoms with Crippen LogP contribution in [0.2, 0.25) is 0 Å². The molecule has 0 aromatic carbocycles. The summed E-state index contributed by atoms with van der Waals surface area (Å²) in [6.45, 7) is 0. The van der Waals surface area contributed by atoms with Crippen LogP contribution in [0.3, 0.4) is 0 Å². The number of rotatable bonds is 3. The zero-order valence-electron chi connectivity index (χ0n) is 7.86. The summed E-state index contributed by atoms with van der Waals surface area (Å²) < 4.78 is 8.77. The molecule has 1 amide bonds. The van der Waals surface area contributed by atoms with E-state index in [9.17, 15) is 9.59 Å². The van der Waals surface area contributed by atoms with E-state index in [0.717, 1.165) is 0 Å². The van der Waals surface area contributed by atoms with Crippen molar-refractivity contribution < 1.29 is 85.3 Å². The topological polar surface area (TPSA) is 187 Å². The van der Waals surface area contributed by atoms with Gasteiger partial charge in [0.25, 0.3) is 7.82 Å². The molecule has 0 aliphatic rings. The average Bonchev–Trinajstić information content (AvgIpc) is 1.80. The van der Waals surface area contributed by atoms with Gasteiger partial charge in [-0.2, -0.15) is 0 Å². The van der Waals surface area contributed by atoms with Crippen LogP contribution in [0.15, 0.2) is 0 Å². The van der Waals surface area contributed by atoms with Crippen LogP contribution in [-0.4, -0.2) is 32.8 Å². The fraction of sp³-hybridized carbons (Fsp3) is 0.500. The van der Waals surface area contributed by atoms with Crippen LogP contribution < -0.4 is 67.7 Å². The first-order valence-corrected chi connectivity index (χ1v) is 4.60. The second-order valence-corrected chi connectivity index (χ2v) is 3.09. The molecule has 0 aliphatic heterocycles. The van der Waals surface area contributed by atoms with Gasteiger partial charge in [-0.05, 0) is 0 Å². The van der Waals surface area contributed by atoms with Gasteiger partial charge in [-0.1, -0.05) is 0 Å². The Hall–Kier alpha value is 0.646. The largest absolute Gasteiger partial charge is 1.00 e. The van der Waals surface area contributed by atoms with E-state index in [1.54, 1.807) is 0 Å². The third-order valence-corrected chi connectivity index (χ3v) is 0.738. The number of nitrogens with two attached hydrogens (primary N) is 2. The van der Waals surface area contributed by atoms with Gasteiger partial charge in [-0.3, -0.25) is 14.2 Å². The summed E-state index contributed by atoms with van der Waals surface area (Å²) in [5.41, 5.74) is 9.57. The van der Waals surface area contributed by atoms with Crippen molar-refractivity contribution in [1.82, 2.24) is 0 Å². The average molecular weight is 268 g/mol. The molecular formula is C4H10KN2O7P. The molecule has 1 atom stereocenters. The Bertz CT molecular complexity index is 245. The second-order valence-electron chi connectivity index (χ2n) is 2.11. The molecule has 1 unspecified atom stereocenters. The van der Waals surface area contributed by atoms with E-state index < -0.39 is 25.7 Å². The first-order valence-electron chi connectivity index (χ1n) is 3.07. The van der Waals surface area contributed by atoms with E-state index in [1.165, 1.54) is 0 Å². The van der Waals surface area contributed by atoms with Gasteiger partial charge in [0.1, 0.15) is 6.04 Å². The number of hydrogen-bond acceptors (Lipinski definition) is 5. The van der Waals surface area contributed by atoms with Crippen LogP contribution in [0.1, 0.15) is 6.42 Å². The zero-order chi connectivity index (χ0) is 11.9. The van der Waals surface area contributed by atoms with Crippen LogP contribution in [0.4, 0.5) is 0 Å². The SMILES string of the molecule is NC(=O)CC(N)C(=O)O.O=P([O-])(O)O.[K+]. The molecule has 84 valence electrons. The summed E-state index contributed by atoms with van der Waals surface area (Å²) in [7, 11) is -4.89. The Morgan fingerprint density at radius 2 is 1.67 bits per heavy atom. The van der Waals surface area contributed by atoms with Crippen LogP contribution in [0.25, 0.3) is 0 Å². The van der Waals surface area contributed by atoms with Crippen molar-refractivity contribution >= 4 is 19.7 Å². The molecular weight excluding hydrogens is 258 g/mol. The van der Waals surface area contributed by atoms with Gasteiger partial charge in [0.2, 0.25) is 5.91 Å². The second kappa shape index (κ2) is 9.84. The Balaban J connectivity index is -0.000000208. The molecule has 0 bridgehead atoms. The third-order valence-electron chi connectivity index (χ3n) is 0.738. The van der Waals surface area contributed by atoms with Crippen LogP contribution >= 0.6 is 7.82 Å². The predicted molar refractivity (Wildman–Crippen MR) is 41.5 cm³/mol. The van der Waals surface area contributed by atoms with Crippen molar-refractivity contribution in [3.05, 3.63) is 0 Å². The molecule has 0 fully saturated rings. The minimum Gasteiger partial charge on any atom is -0.756 e. The fourth-order valence-electron chi connectivity index (χ4n) is 0.304. The number of primary amides is 1. The molecule has 9 nitrogen and oxygen atoms in total. The molecule has 11 heteroatoms. The van der Waals surface area contributed by atoms with Gasteiger partial charge in [0.05, 0.1) is 6.42 Å². The van der Waals surface area contributed by atoms with Crippen LogP contribution in [-0.2, 0) is 14.2 Å². The number of hydrogen-bond donors (Lipinski definition) is 5. The van der Waals surface area contributed by atoms with Crippen LogP contribution in [0, 0.1) is 0 Å². The zero-order valence-corrected chi connectivity index (χ0v) is 11.9. The Morgan fingerprint density at radius 3 is 1.73 bits per heavy atom. The maximum absolute atomic E-state index is 9.99. The maximum Gasteiger partial charge on any atom is 1.00 e. The monoisotopic (exact) mass is 268 g/mol. The van der Waals surface area contributed by atoms with E-state index in [2.05, 4.69) is 5.73 Å². The number of carbonyl (C=O) groups excluding carboxylic acids is 1. The third kappa shape index (κ3) is 31.3. The standard InChI is InChI=1S/C4H8N2O3.K.H3O4P/c5-2(4(8)9)1-3(6)7;;1-5(2,3)4/h2H,1,5H2,(H2,6,7)(H,8,9);;(H3,1,2,3,4)/q;+1;/p-1. The van der Waals surface area contributed by atoms with E-state index in [0.29, 0.717) is 0 Å². The number of carbonyl (C=O) groups is 2. The van der Waals surface area contributed by atoms with Crippen LogP contribution in [0.5, 0.6) is 0 Å². The van der Waals surface area contributed by atoms with Crippen molar-refractivity contribution in [3.8, 4) is 0 Å². The quantitative estimate of drug-likeness (QED) is 0.247. The molecule has 0 rings (SSSR count). The van der Waals surface area contributed by atoms with Crippen molar-refractivity contribution in [2.24, 2.45) is 11.5 Å². The molecule has 0 saturated carbocycles. The van der Waals surface area contributed by atoms with Crippen molar-refractivity contribution in [1.29, 1.82) is 0 Å². The fourth-order valence-corrected chi connectivity index (χ4v) is 0.304. The summed E-state index contributed by atoms with van der Waals surface area (Å²) in [5, 5.41) is 8.10. The van der Waals surface area contributed by atoms with E-state index in [1.807, 2.05) is 0 Å². The van der Waals surface area contributed by atoms with E-state index >= 15 is 0 Å². The Morgan fingerprint density at radius 1 is 1.40 bits per heavy atom. The number of phosphoric acid groups is 1. The summed E-state index contributed by atoms with van der Waals surface area (Å²) >= 11 is 0. The van der Waals surface area contributed by atoms with E-state index in [4.69, 9.17) is 30.1 Å². The van der Waals surface area contributed by atoms with Gasteiger partial charge in [0, 0.05) is 0 Å². The molecule has 0 aromatic rings. The molecule has 0 heterocycles. The normalized spacial score (nSPS) is 11.5. The van der Waals surface area contributed by atoms with Crippen molar-refractivity contribution in [2.45, 2.75) is 12.5 Å². The molecule has 0 spiro atoms. The van der Waals surface area contributed by atoms with Gasteiger partial charge in [0.15, 0.2) is 0 Å². The minimum atomic E-state index is -4.89. The first-order chi connectivity index (χ1) is 6.04. The summed E-state index contributed by atoms with van der Waals surface area (Å²) in [4.78, 5) is 42.8. The van der Waals surface area contributed by atoms with Crippen molar-refractivity contribution in [2.75, 3.05) is 0 Å².